The lowest BCUT2D eigenvalue weighted by atomic mass is 10.1. The van der Waals surface area contributed by atoms with E-state index in [9.17, 15) is 9.59 Å². The molecule has 0 N–H and O–H groups in total. The van der Waals surface area contributed by atoms with E-state index >= 15 is 0 Å². The number of amides is 1. The topological polar surface area (TPSA) is 65.1 Å². The van der Waals surface area contributed by atoms with Crippen LogP contribution in [0.1, 0.15) is 12.0 Å². The first-order valence-electron chi connectivity index (χ1n) is 9.84. The highest BCUT2D eigenvalue weighted by molar-refractivity contribution is 5.84. The van der Waals surface area contributed by atoms with Gasteiger partial charge in [0.25, 0.3) is 0 Å². The molecule has 6 nitrogen and oxygen atoms in total. The Morgan fingerprint density at radius 2 is 1.70 bits per heavy atom. The SMILES string of the molecule is COC(=O)[C@H]1C[C@H](Oc2ccc3ccccc3c2)CN1C(=O)OCc1ccccc1. The smallest absolute Gasteiger partial charge is 0.410 e. The Hall–Kier alpha value is -3.54. The van der Waals surface area contributed by atoms with Crippen LogP contribution in [-0.4, -0.2) is 42.8 Å². The summed E-state index contributed by atoms with van der Waals surface area (Å²) in [7, 11) is 1.31. The quantitative estimate of drug-likeness (QED) is 0.596. The number of carbonyl (C=O) groups is 2. The molecule has 1 aliphatic heterocycles. The first-order chi connectivity index (χ1) is 14.6. The fourth-order valence-electron chi connectivity index (χ4n) is 3.68. The zero-order chi connectivity index (χ0) is 20.9. The van der Waals surface area contributed by atoms with Crippen molar-refractivity contribution < 1.29 is 23.8 Å². The number of likely N-dealkylation sites (tertiary alicyclic amines) is 1. The number of carbonyl (C=O) groups excluding carboxylic acids is 2. The van der Waals surface area contributed by atoms with Gasteiger partial charge in [0.2, 0.25) is 0 Å². The predicted molar refractivity (Wildman–Crippen MR) is 112 cm³/mol. The second kappa shape index (κ2) is 8.86. The summed E-state index contributed by atoms with van der Waals surface area (Å²) >= 11 is 0. The molecular formula is C24H23NO5. The molecule has 1 amide bonds. The number of ether oxygens (including phenoxy) is 3. The average Bonchev–Trinajstić information content (AvgIpc) is 3.21. The van der Waals surface area contributed by atoms with E-state index in [0.717, 1.165) is 16.3 Å². The first-order valence-corrected chi connectivity index (χ1v) is 9.84. The number of methoxy groups -OCH3 is 1. The standard InChI is InChI=1S/C24H23NO5/c1-28-23(26)22-14-21(30-20-12-11-18-9-5-6-10-19(18)13-20)15-25(22)24(27)29-16-17-7-3-2-4-8-17/h2-13,21-22H,14-16H2,1H3/t21-,22+/m0/s1. The molecule has 2 atom stereocenters. The summed E-state index contributed by atoms with van der Waals surface area (Å²) < 4.78 is 16.4. The second-order valence-corrected chi connectivity index (χ2v) is 7.22. The molecule has 1 fully saturated rings. The molecule has 0 aliphatic carbocycles. The second-order valence-electron chi connectivity index (χ2n) is 7.22. The van der Waals surface area contributed by atoms with Crippen LogP contribution in [-0.2, 0) is 20.9 Å². The van der Waals surface area contributed by atoms with Crippen LogP contribution >= 0.6 is 0 Å². The molecule has 0 aromatic heterocycles. The maximum absolute atomic E-state index is 12.7. The summed E-state index contributed by atoms with van der Waals surface area (Å²) in [6.07, 6.45) is -0.543. The zero-order valence-electron chi connectivity index (χ0n) is 16.7. The normalized spacial score (nSPS) is 18.2. The highest BCUT2D eigenvalue weighted by atomic mass is 16.6. The highest BCUT2D eigenvalue weighted by Crippen LogP contribution is 2.27. The molecule has 1 heterocycles. The predicted octanol–water partition coefficient (Wildman–Crippen LogP) is 4.17. The lowest BCUT2D eigenvalue weighted by Gasteiger charge is -2.21. The van der Waals surface area contributed by atoms with Crippen LogP contribution in [0, 0.1) is 0 Å². The fourth-order valence-corrected chi connectivity index (χ4v) is 3.68. The molecule has 1 aliphatic rings. The maximum Gasteiger partial charge on any atom is 0.410 e. The van der Waals surface area contributed by atoms with E-state index in [0.29, 0.717) is 12.2 Å². The number of fused-ring (bicyclic) bond motifs is 1. The average molecular weight is 405 g/mol. The van der Waals surface area contributed by atoms with E-state index in [4.69, 9.17) is 14.2 Å². The Bertz CT molecular complexity index is 1040. The Balaban J connectivity index is 1.44. The Morgan fingerprint density at radius 1 is 0.967 bits per heavy atom. The van der Waals surface area contributed by atoms with Gasteiger partial charge in [-0.1, -0.05) is 60.7 Å². The van der Waals surface area contributed by atoms with Crippen molar-refractivity contribution in [1.82, 2.24) is 4.90 Å². The van der Waals surface area contributed by atoms with Gasteiger partial charge in [0.1, 0.15) is 24.5 Å². The van der Waals surface area contributed by atoms with E-state index in [1.165, 1.54) is 12.0 Å². The highest BCUT2D eigenvalue weighted by Gasteiger charge is 2.42. The summed E-state index contributed by atoms with van der Waals surface area (Å²) in [6.45, 7) is 0.389. The van der Waals surface area contributed by atoms with Crippen molar-refractivity contribution in [1.29, 1.82) is 0 Å². The third kappa shape index (κ3) is 4.38. The fraction of sp³-hybridized carbons (Fsp3) is 0.250. The minimum absolute atomic E-state index is 0.139. The van der Waals surface area contributed by atoms with Crippen molar-refractivity contribution >= 4 is 22.8 Å². The Morgan fingerprint density at radius 3 is 2.47 bits per heavy atom. The van der Waals surface area contributed by atoms with E-state index in [2.05, 4.69) is 0 Å². The largest absolute Gasteiger partial charge is 0.488 e. The van der Waals surface area contributed by atoms with Crippen LogP contribution in [0.2, 0.25) is 0 Å². The third-order valence-corrected chi connectivity index (χ3v) is 5.20. The van der Waals surface area contributed by atoms with Gasteiger partial charge in [-0.25, -0.2) is 9.59 Å². The molecule has 154 valence electrons. The minimum Gasteiger partial charge on any atom is -0.488 e. The van der Waals surface area contributed by atoms with Crippen LogP contribution in [0.15, 0.2) is 72.8 Å². The number of rotatable bonds is 5. The van der Waals surface area contributed by atoms with E-state index in [1.807, 2.05) is 72.8 Å². The molecule has 6 heteroatoms. The van der Waals surface area contributed by atoms with Crippen LogP contribution in [0.5, 0.6) is 5.75 Å². The van der Waals surface area contributed by atoms with Gasteiger partial charge in [-0.3, -0.25) is 4.90 Å². The molecule has 3 aromatic carbocycles. The third-order valence-electron chi connectivity index (χ3n) is 5.20. The van der Waals surface area contributed by atoms with Crippen LogP contribution in [0.3, 0.4) is 0 Å². The number of hydrogen-bond acceptors (Lipinski definition) is 5. The van der Waals surface area contributed by atoms with Crippen LogP contribution < -0.4 is 4.74 Å². The lowest BCUT2D eigenvalue weighted by Crippen LogP contribution is -2.41. The molecule has 0 saturated carbocycles. The van der Waals surface area contributed by atoms with Crippen molar-refractivity contribution in [3.63, 3.8) is 0 Å². The molecule has 0 radical (unpaired) electrons. The van der Waals surface area contributed by atoms with Crippen molar-refractivity contribution in [2.24, 2.45) is 0 Å². The molecule has 1 saturated heterocycles. The van der Waals surface area contributed by atoms with Gasteiger partial charge in [-0.05, 0) is 28.5 Å². The van der Waals surface area contributed by atoms with Gasteiger partial charge in [0.05, 0.1) is 13.7 Å². The van der Waals surface area contributed by atoms with E-state index in [-0.39, 0.29) is 19.3 Å². The molecular weight excluding hydrogens is 382 g/mol. The van der Waals surface area contributed by atoms with Crippen molar-refractivity contribution in [2.75, 3.05) is 13.7 Å². The van der Waals surface area contributed by atoms with Gasteiger partial charge in [0, 0.05) is 6.42 Å². The van der Waals surface area contributed by atoms with Gasteiger partial charge in [-0.15, -0.1) is 0 Å². The zero-order valence-corrected chi connectivity index (χ0v) is 16.7. The monoisotopic (exact) mass is 405 g/mol. The number of nitrogens with zero attached hydrogens (tertiary/aromatic N) is 1. The van der Waals surface area contributed by atoms with Crippen LogP contribution in [0.25, 0.3) is 10.8 Å². The summed E-state index contributed by atoms with van der Waals surface area (Å²) in [5.41, 5.74) is 0.878. The minimum atomic E-state index is -0.733. The van der Waals surface area contributed by atoms with Crippen molar-refractivity contribution in [2.45, 2.75) is 25.2 Å². The molecule has 3 aromatic rings. The van der Waals surface area contributed by atoms with Gasteiger partial charge < -0.3 is 14.2 Å². The van der Waals surface area contributed by atoms with Crippen molar-refractivity contribution in [3.8, 4) is 5.75 Å². The van der Waals surface area contributed by atoms with Crippen LogP contribution in [0.4, 0.5) is 4.79 Å². The summed E-state index contributed by atoms with van der Waals surface area (Å²) in [5.74, 6) is 0.220. The van der Waals surface area contributed by atoms with E-state index < -0.39 is 18.1 Å². The summed E-state index contributed by atoms with van der Waals surface area (Å²) in [4.78, 5) is 26.3. The molecule has 0 unspecified atom stereocenters. The van der Waals surface area contributed by atoms with Gasteiger partial charge >= 0.3 is 12.1 Å². The molecule has 0 bridgehead atoms. The maximum atomic E-state index is 12.7. The number of benzene rings is 3. The molecule has 4 rings (SSSR count). The first kappa shape index (κ1) is 19.8. The van der Waals surface area contributed by atoms with Gasteiger partial charge in [-0.2, -0.15) is 0 Å². The number of esters is 1. The van der Waals surface area contributed by atoms with Crippen molar-refractivity contribution in [3.05, 3.63) is 78.4 Å². The Labute approximate surface area is 175 Å². The summed E-state index contributed by atoms with van der Waals surface area (Å²) in [6, 6.07) is 22.5. The van der Waals surface area contributed by atoms with E-state index in [1.54, 1.807) is 0 Å². The summed E-state index contributed by atoms with van der Waals surface area (Å²) in [5, 5.41) is 2.19. The lowest BCUT2D eigenvalue weighted by molar-refractivity contribution is -0.145. The molecule has 0 spiro atoms. The number of hydrogen-bond donors (Lipinski definition) is 0. The van der Waals surface area contributed by atoms with Gasteiger partial charge in [0.15, 0.2) is 0 Å². The molecule has 30 heavy (non-hydrogen) atoms. The Kier molecular flexibility index (Phi) is 5.84.